The van der Waals surface area contributed by atoms with Gasteiger partial charge in [-0.1, -0.05) is 0 Å². The van der Waals surface area contributed by atoms with Gasteiger partial charge >= 0.3 is 0 Å². The van der Waals surface area contributed by atoms with Crippen molar-refractivity contribution in [3.63, 3.8) is 0 Å². The largest absolute Gasteiger partial charge is 0.382 e. The van der Waals surface area contributed by atoms with Gasteiger partial charge in [0.2, 0.25) is 0 Å². The Kier molecular flexibility index (Phi) is 4.93. The minimum absolute atomic E-state index is 0.492. The van der Waals surface area contributed by atoms with Gasteiger partial charge in [0.15, 0.2) is 0 Å². The average molecular weight is 264 g/mol. The molecule has 2 N–H and O–H groups in total. The lowest BCUT2D eigenvalue weighted by atomic mass is 10.3. The van der Waals surface area contributed by atoms with Gasteiger partial charge in [-0.25, -0.2) is 4.98 Å². The normalized spacial score (nSPS) is 17.1. The van der Waals surface area contributed by atoms with Crippen molar-refractivity contribution in [1.29, 1.82) is 0 Å². The molecule has 6 heteroatoms. The molecule has 0 bridgehead atoms. The number of nitrogen functional groups attached to an aromatic ring is 1. The average Bonchev–Trinajstić information content (AvgIpc) is 2.39. The van der Waals surface area contributed by atoms with Gasteiger partial charge in [-0.05, 0) is 33.6 Å². The lowest BCUT2D eigenvalue weighted by molar-refractivity contribution is 0.242. The molecule has 0 saturated carbocycles. The number of nitrogens with two attached hydrogens (primary N) is 1. The van der Waals surface area contributed by atoms with Crippen LogP contribution in [0.4, 0.5) is 11.6 Å². The summed E-state index contributed by atoms with van der Waals surface area (Å²) < 4.78 is 0. The summed E-state index contributed by atoms with van der Waals surface area (Å²) in [6, 6.07) is 0. The second kappa shape index (κ2) is 6.68. The first kappa shape index (κ1) is 14.0. The Hall–Kier alpha value is -1.40. The van der Waals surface area contributed by atoms with E-state index in [1.54, 1.807) is 12.4 Å². The van der Waals surface area contributed by atoms with Crippen LogP contribution in [-0.4, -0.2) is 73.1 Å². The molecule has 1 fully saturated rings. The first-order valence-corrected chi connectivity index (χ1v) is 6.85. The van der Waals surface area contributed by atoms with E-state index in [0.717, 1.165) is 38.5 Å². The number of hydrogen-bond acceptors (Lipinski definition) is 6. The molecule has 0 aliphatic carbocycles. The fourth-order valence-electron chi connectivity index (χ4n) is 2.33. The molecule has 0 amide bonds. The quantitative estimate of drug-likeness (QED) is 0.816. The smallest absolute Gasteiger partial charge is 0.149 e. The third kappa shape index (κ3) is 4.33. The zero-order valence-corrected chi connectivity index (χ0v) is 11.9. The molecule has 0 radical (unpaired) electrons. The summed E-state index contributed by atoms with van der Waals surface area (Å²) in [4.78, 5) is 15.4. The van der Waals surface area contributed by atoms with Gasteiger partial charge < -0.3 is 15.5 Å². The van der Waals surface area contributed by atoms with Crippen molar-refractivity contribution >= 4 is 11.6 Å². The van der Waals surface area contributed by atoms with Crippen LogP contribution in [0, 0.1) is 0 Å². The van der Waals surface area contributed by atoms with Crippen molar-refractivity contribution < 1.29 is 0 Å². The second-order valence-electron chi connectivity index (χ2n) is 5.29. The van der Waals surface area contributed by atoms with Gasteiger partial charge in [0.25, 0.3) is 0 Å². The van der Waals surface area contributed by atoms with Gasteiger partial charge in [0, 0.05) is 26.2 Å². The van der Waals surface area contributed by atoms with E-state index >= 15 is 0 Å². The molecule has 0 atom stereocenters. The highest BCUT2D eigenvalue weighted by Gasteiger charge is 2.17. The molecule has 1 aromatic rings. The minimum Gasteiger partial charge on any atom is -0.382 e. The third-order valence-corrected chi connectivity index (χ3v) is 3.42. The van der Waals surface area contributed by atoms with Gasteiger partial charge in [-0.2, -0.15) is 0 Å². The Morgan fingerprint density at radius 3 is 2.58 bits per heavy atom. The molecule has 0 spiro atoms. The Balaban J connectivity index is 1.76. The second-order valence-corrected chi connectivity index (χ2v) is 5.29. The first-order chi connectivity index (χ1) is 9.15. The highest BCUT2D eigenvalue weighted by atomic mass is 15.3. The van der Waals surface area contributed by atoms with Crippen molar-refractivity contribution in [1.82, 2.24) is 19.8 Å². The zero-order chi connectivity index (χ0) is 13.7. The summed E-state index contributed by atoms with van der Waals surface area (Å²) >= 11 is 0. The molecule has 0 aromatic carbocycles. The molecule has 106 valence electrons. The highest BCUT2D eigenvalue weighted by Crippen LogP contribution is 2.13. The SMILES string of the molecule is CN(C)CCCN1CCN(c2cncc(N)n2)CC1. The highest BCUT2D eigenvalue weighted by molar-refractivity contribution is 5.41. The van der Waals surface area contributed by atoms with Crippen molar-refractivity contribution in [2.24, 2.45) is 0 Å². The number of rotatable bonds is 5. The van der Waals surface area contributed by atoms with E-state index in [2.05, 4.69) is 38.8 Å². The Morgan fingerprint density at radius 2 is 1.95 bits per heavy atom. The molecule has 1 aromatic heterocycles. The van der Waals surface area contributed by atoms with Crippen LogP contribution in [0.5, 0.6) is 0 Å². The maximum atomic E-state index is 5.67. The topological polar surface area (TPSA) is 61.5 Å². The van der Waals surface area contributed by atoms with Crippen molar-refractivity contribution in [2.75, 3.05) is 64.0 Å². The number of hydrogen-bond donors (Lipinski definition) is 1. The Labute approximate surface area is 115 Å². The predicted molar refractivity (Wildman–Crippen MR) is 78.3 cm³/mol. The fourth-order valence-corrected chi connectivity index (χ4v) is 2.33. The van der Waals surface area contributed by atoms with Crippen LogP contribution in [0.1, 0.15) is 6.42 Å². The van der Waals surface area contributed by atoms with Gasteiger partial charge in [-0.15, -0.1) is 0 Å². The van der Waals surface area contributed by atoms with E-state index in [-0.39, 0.29) is 0 Å². The maximum absolute atomic E-state index is 5.67. The van der Waals surface area contributed by atoms with E-state index in [9.17, 15) is 0 Å². The molecule has 1 aliphatic heterocycles. The molecule has 2 heterocycles. The summed E-state index contributed by atoms with van der Waals surface area (Å²) in [5, 5.41) is 0. The molecule has 1 aliphatic rings. The van der Waals surface area contributed by atoms with E-state index in [1.807, 2.05) is 0 Å². The van der Waals surface area contributed by atoms with Crippen LogP contribution in [0.15, 0.2) is 12.4 Å². The van der Waals surface area contributed by atoms with Crippen LogP contribution in [0.3, 0.4) is 0 Å². The lowest BCUT2D eigenvalue weighted by Crippen LogP contribution is -2.47. The van der Waals surface area contributed by atoms with E-state index in [4.69, 9.17) is 5.73 Å². The minimum atomic E-state index is 0.492. The summed E-state index contributed by atoms with van der Waals surface area (Å²) in [6.45, 7) is 6.50. The summed E-state index contributed by atoms with van der Waals surface area (Å²) in [5.41, 5.74) is 5.67. The fraction of sp³-hybridized carbons (Fsp3) is 0.692. The lowest BCUT2D eigenvalue weighted by Gasteiger charge is -2.35. The number of nitrogens with zero attached hydrogens (tertiary/aromatic N) is 5. The first-order valence-electron chi connectivity index (χ1n) is 6.85. The molecule has 6 nitrogen and oxygen atoms in total. The Bertz CT molecular complexity index is 386. The predicted octanol–water partition coefficient (Wildman–Crippen LogP) is 0.133. The molecule has 0 unspecified atom stereocenters. The molecular weight excluding hydrogens is 240 g/mol. The van der Waals surface area contributed by atoms with E-state index in [0.29, 0.717) is 5.82 Å². The summed E-state index contributed by atoms with van der Waals surface area (Å²) in [7, 11) is 4.24. The van der Waals surface area contributed by atoms with Gasteiger partial charge in [0.05, 0.1) is 12.4 Å². The molecule has 1 saturated heterocycles. The molecule has 2 rings (SSSR count). The van der Waals surface area contributed by atoms with Crippen molar-refractivity contribution in [3.8, 4) is 0 Å². The van der Waals surface area contributed by atoms with E-state index < -0.39 is 0 Å². The zero-order valence-electron chi connectivity index (χ0n) is 11.9. The van der Waals surface area contributed by atoms with Crippen LogP contribution in [0.25, 0.3) is 0 Å². The van der Waals surface area contributed by atoms with Crippen LogP contribution in [0.2, 0.25) is 0 Å². The van der Waals surface area contributed by atoms with Crippen LogP contribution in [-0.2, 0) is 0 Å². The number of aromatic nitrogens is 2. The third-order valence-electron chi connectivity index (χ3n) is 3.42. The summed E-state index contributed by atoms with van der Waals surface area (Å²) in [5.74, 6) is 1.39. The van der Waals surface area contributed by atoms with Gasteiger partial charge in [-0.3, -0.25) is 9.88 Å². The molecule has 19 heavy (non-hydrogen) atoms. The number of piperazine rings is 1. The van der Waals surface area contributed by atoms with Crippen LogP contribution >= 0.6 is 0 Å². The van der Waals surface area contributed by atoms with Gasteiger partial charge in [0.1, 0.15) is 11.6 Å². The number of anilines is 2. The molecular formula is C13H24N6. The van der Waals surface area contributed by atoms with E-state index in [1.165, 1.54) is 13.0 Å². The summed E-state index contributed by atoms with van der Waals surface area (Å²) in [6.07, 6.45) is 4.60. The Morgan fingerprint density at radius 1 is 1.21 bits per heavy atom. The maximum Gasteiger partial charge on any atom is 0.149 e. The van der Waals surface area contributed by atoms with Crippen molar-refractivity contribution in [2.45, 2.75) is 6.42 Å². The monoisotopic (exact) mass is 264 g/mol. The van der Waals surface area contributed by atoms with Crippen molar-refractivity contribution in [3.05, 3.63) is 12.4 Å². The standard InChI is InChI=1S/C13H24N6/c1-17(2)4-3-5-18-6-8-19(9-7-18)13-11-15-10-12(14)16-13/h10-11H,3-9H2,1-2H3,(H2,14,16). The van der Waals surface area contributed by atoms with Crippen LogP contribution < -0.4 is 10.6 Å².